The third-order valence-corrected chi connectivity index (χ3v) is 5.27. The minimum absolute atomic E-state index is 0.320. The number of carbonyl (C=O) groups excluding carboxylic acids is 2. The summed E-state index contributed by atoms with van der Waals surface area (Å²) in [4.78, 5) is 26.9. The van der Waals surface area contributed by atoms with E-state index in [1.165, 1.54) is 18.5 Å². The number of hydrogen-bond acceptors (Lipinski definition) is 4. The van der Waals surface area contributed by atoms with Gasteiger partial charge in [-0.3, -0.25) is 4.79 Å². The van der Waals surface area contributed by atoms with Gasteiger partial charge in [0.05, 0.1) is 5.56 Å². The van der Waals surface area contributed by atoms with E-state index >= 15 is 0 Å². The van der Waals surface area contributed by atoms with Crippen molar-refractivity contribution in [3.8, 4) is 0 Å². The summed E-state index contributed by atoms with van der Waals surface area (Å²) < 4.78 is 5.20. The Morgan fingerprint density at radius 1 is 0.966 bits per heavy atom. The molecular weight excluding hydrogens is 364 g/mol. The van der Waals surface area contributed by atoms with Crippen molar-refractivity contribution in [1.29, 1.82) is 0 Å². The van der Waals surface area contributed by atoms with Crippen LogP contribution in [0.2, 0.25) is 0 Å². The number of nitrogens with zero attached hydrogens (tertiary/aromatic N) is 1. The summed E-state index contributed by atoms with van der Waals surface area (Å²) in [7, 11) is 0. The average molecular weight is 388 g/mol. The monoisotopic (exact) mass is 388 g/mol. The molecule has 29 heavy (non-hydrogen) atoms. The molecule has 1 fully saturated rings. The quantitative estimate of drug-likeness (QED) is 0.652. The second-order valence-corrected chi connectivity index (χ2v) is 7.38. The topological polar surface area (TPSA) is 58.6 Å². The molecule has 1 amide bonds. The van der Waals surface area contributed by atoms with Crippen LogP contribution in [0.15, 0.2) is 60.7 Å². The molecule has 1 N–H and O–H groups in total. The van der Waals surface area contributed by atoms with E-state index in [4.69, 9.17) is 4.74 Å². The third-order valence-electron chi connectivity index (χ3n) is 5.27. The Labute approximate surface area is 170 Å². The fraction of sp³-hybridized carbons (Fsp3) is 0.250. The number of ether oxygens (including phenoxy) is 1. The molecule has 4 rings (SSSR count). The van der Waals surface area contributed by atoms with Crippen molar-refractivity contribution < 1.29 is 14.3 Å². The maximum Gasteiger partial charge on any atom is 0.338 e. The number of fused-ring (bicyclic) bond motifs is 1. The lowest BCUT2D eigenvalue weighted by Gasteiger charge is -2.19. The van der Waals surface area contributed by atoms with Crippen molar-refractivity contribution >= 4 is 34.0 Å². The highest BCUT2D eigenvalue weighted by Gasteiger charge is 2.15. The van der Waals surface area contributed by atoms with Crippen LogP contribution in [0.4, 0.5) is 11.4 Å². The van der Waals surface area contributed by atoms with Crippen molar-refractivity contribution in [2.45, 2.75) is 19.8 Å². The summed E-state index contributed by atoms with van der Waals surface area (Å²) in [6, 6.07) is 19.2. The molecule has 1 aliphatic rings. The lowest BCUT2D eigenvalue weighted by atomic mass is 10.1. The van der Waals surface area contributed by atoms with Crippen LogP contribution in [0.25, 0.3) is 10.8 Å². The minimum atomic E-state index is -0.507. The predicted octanol–water partition coefficient (Wildman–Crippen LogP) is 4.54. The molecule has 0 spiro atoms. The van der Waals surface area contributed by atoms with Crippen LogP contribution in [-0.4, -0.2) is 31.6 Å². The molecule has 1 heterocycles. The highest BCUT2D eigenvalue weighted by Crippen LogP contribution is 2.25. The first-order valence-electron chi connectivity index (χ1n) is 9.91. The van der Waals surface area contributed by atoms with Gasteiger partial charge in [-0.05, 0) is 66.4 Å². The van der Waals surface area contributed by atoms with Gasteiger partial charge >= 0.3 is 5.97 Å². The maximum atomic E-state index is 12.3. The zero-order valence-electron chi connectivity index (χ0n) is 16.5. The molecular formula is C24H24N2O3. The Morgan fingerprint density at radius 2 is 1.72 bits per heavy atom. The molecule has 1 aliphatic heterocycles. The van der Waals surface area contributed by atoms with E-state index in [0.29, 0.717) is 5.56 Å². The van der Waals surface area contributed by atoms with Gasteiger partial charge in [0.1, 0.15) is 0 Å². The summed E-state index contributed by atoms with van der Waals surface area (Å²) in [6.45, 7) is 3.81. The summed E-state index contributed by atoms with van der Waals surface area (Å²) >= 11 is 0. The van der Waals surface area contributed by atoms with Crippen LogP contribution in [0.3, 0.4) is 0 Å². The Hall–Kier alpha value is -3.34. The molecule has 0 saturated carbocycles. The Balaban J connectivity index is 1.35. The van der Waals surface area contributed by atoms with Crippen molar-refractivity contribution in [3.05, 3.63) is 71.8 Å². The van der Waals surface area contributed by atoms with Crippen molar-refractivity contribution in [2.24, 2.45) is 0 Å². The fourth-order valence-electron chi connectivity index (χ4n) is 3.68. The summed E-state index contributed by atoms with van der Waals surface area (Å²) in [5.74, 6) is -0.858. The van der Waals surface area contributed by atoms with E-state index in [0.717, 1.165) is 35.1 Å². The number of hydrogen-bond donors (Lipinski definition) is 1. The first-order valence-corrected chi connectivity index (χ1v) is 9.91. The zero-order chi connectivity index (χ0) is 20.2. The number of amides is 1. The molecule has 0 bridgehead atoms. The molecule has 148 valence electrons. The molecule has 0 unspecified atom stereocenters. The van der Waals surface area contributed by atoms with Gasteiger partial charge in [-0.1, -0.05) is 30.3 Å². The fourth-order valence-corrected chi connectivity index (χ4v) is 3.68. The standard InChI is InChI=1S/C24H24N2O3/c1-17-14-21(26-12-4-5-13-26)10-11-22(17)25-23(27)16-29-24(28)20-9-8-18-6-2-3-7-19(18)15-20/h2-3,6-11,14-15H,4-5,12-13,16H2,1H3,(H,25,27). The molecule has 1 saturated heterocycles. The second-order valence-electron chi connectivity index (χ2n) is 7.38. The number of rotatable bonds is 5. The van der Waals surface area contributed by atoms with Crippen LogP contribution < -0.4 is 10.2 Å². The van der Waals surface area contributed by atoms with Crippen LogP contribution in [0.1, 0.15) is 28.8 Å². The first kappa shape index (κ1) is 19.0. The third kappa shape index (κ3) is 4.40. The number of esters is 1. The number of benzene rings is 3. The SMILES string of the molecule is Cc1cc(N2CCCC2)ccc1NC(=O)COC(=O)c1ccc2ccccc2c1. The maximum absolute atomic E-state index is 12.3. The van der Waals surface area contributed by atoms with E-state index in [1.807, 2.05) is 49.4 Å². The molecule has 0 atom stereocenters. The van der Waals surface area contributed by atoms with Crippen LogP contribution >= 0.6 is 0 Å². The molecule has 3 aromatic rings. The molecule has 5 heteroatoms. The Kier molecular flexibility index (Phi) is 5.47. The number of carbonyl (C=O) groups is 2. The molecule has 5 nitrogen and oxygen atoms in total. The van der Waals surface area contributed by atoms with E-state index in [1.54, 1.807) is 12.1 Å². The van der Waals surface area contributed by atoms with E-state index in [-0.39, 0.29) is 12.5 Å². The highest BCUT2D eigenvalue weighted by atomic mass is 16.5. The average Bonchev–Trinajstić information content (AvgIpc) is 3.28. The second kappa shape index (κ2) is 8.35. The highest BCUT2D eigenvalue weighted by molar-refractivity contribution is 5.98. The van der Waals surface area contributed by atoms with Gasteiger partial charge < -0.3 is 15.0 Å². The lowest BCUT2D eigenvalue weighted by Crippen LogP contribution is -2.22. The largest absolute Gasteiger partial charge is 0.452 e. The van der Waals surface area contributed by atoms with Gasteiger partial charge in [0.25, 0.3) is 5.91 Å². The minimum Gasteiger partial charge on any atom is -0.452 e. The zero-order valence-corrected chi connectivity index (χ0v) is 16.5. The van der Waals surface area contributed by atoms with Gasteiger partial charge in [0.2, 0.25) is 0 Å². The Bertz CT molecular complexity index is 1050. The van der Waals surface area contributed by atoms with Gasteiger partial charge in [0, 0.05) is 24.5 Å². The summed E-state index contributed by atoms with van der Waals surface area (Å²) in [6.07, 6.45) is 2.44. The molecule has 0 radical (unpaired) electrons. The molecule has 3 aromatic carbocycles. The lowest BCUT2D eigenvalue weighted by molar-refractivity contribution is -0.119. The van der Waals surface area contributed by atoms with Crippen LogP contribution in [0.5, 0.6) is 0 Å². The summed E-state index contributed by atoms with van der Waals surface area (Å²) in [5.41, 5.74) is 3.34. The number of anilines is 2. The van der Waals surface area contributed by atoms with E-state index in [9.17, 15) is 9.59 Å². The molecule has 0 aliphatic carbocycles. The first-order chi connectivity index (χ1) is 14.1. The smallest absolute Gasteiger partial charge is 0.338 e. The number of aryl methyl sites for hydroxylation is 1. The van der Waals surface area contributed by atoms with Gasteiger partial charge in [-0.25, -0.2) is 4.79 Å². The molecule has 0 aromatic heterocycles. The summed E-state index contributed by atoms with van der Waals surface area (Å²) in [5, 5.41) is 4.84. The predicted molar refractivity (Wildman–Crippen MR) is 115 cm³/mol. The van der Waals surface area contributed by atoms with Crippen molar-refractivity contribution in [1.82, 2.24) is 0 Å². The van der Waals surface area contributed by atoms with Crippen LogP contribution in [-0.2, 0) is 9.53 Å². The van der Waals surface area contributed by atoms with E-state index in [2.05, 4.69) is 16.3 Å². The number of nitrogens with one attached hydrogen (secondary N) is 1. The normalized spacial score (nSPS) is 13.5. The van der Waals surface area contributed by atoms with Crippen molar-refractivity contribution in [3.63, 3.8) is 0 Å². The van der Waals surface area contributed by atoms with Gasteiger partial charge in [-0.2, -0.15) is 0 Å². The van der Waals surface area contributed by atoms with Crippen LogP contribution in [0, 0.1) is 6.92 Å². The van der Waals surface area contributed by atoms with Gasteiger partial charge in [0.15, 0.2) is 6.61 Å². The van der Waals surface area contributed by atoms with Crippen molar-refractivity contribution in [2.75, 3.05) is 29.9 Å². The van der Waals surface area contributed by atoms with Gasteiger partial charge in [-0.15, -0.1) is 0 Å². The Morgan fingerprint density at radius 3 is 2.48 bits per heavy atom. The van der Waals surface area contributed by atoms with E-state index < -0.39 is 5.97 Å².